The number of H-pyrrole nitrogens is 2. The Kier molecular flexibility index (Phi) is 4.67. The third-order valence-corrected chi connectivity index (χ3v) is 6.53. The lowest BCUT2D eigenvalue weighted by Crippen LogP contribution is -2.36. The van der Waals surface area contributed by atoms with Crippen molar-refractivity contribution in [3.8, 4) is 11.3 Å². The summed E-state index contributed by atoms with van der Waals surface area (Å²) in [4.78, 5) is 31.9. The highest BCUT2D eigenvalue weighted by atomic mass is 79.9. The maximum atomic E-state index is 13.2. The van der Waals surface area contributed by atoms with E-state index in [1.54, 1.807) is 0 Å². The van der Waals surface area contributed by atoms with E-state index in [1.807, 2.05) is 36.4 Å². The number of benzene rings is 1. The van der Waals surface area contributed by atoms with Gasteiger partial charge in [0.1, 0.15) is 17.3 Å². The van der Waals surface area contributed by atoms with Crippen LogP contribution in [0.5, 0.6) is 0 Å². The van der Waals surface area contributed by atoms with Crippen molar-refractivity contribution < 1.29 is 9.21 Å². The number of hydrogen-bond acceptors (Lipinski definition) is 5. The van der Waals surface area contributed by atoms with Gasteiger partial charge in [-0.2, -0.15) is 0 Å². The number of aromatic nitrogens is 2. The Labute approximate surface area is 191 Å². The summed E-state index contributed by atoms with van der Waals surface area (Å²) in [5, 5.41) is 3.28. The molecule has 2 aromatic heterocycles. The quantitative estimate of drug-likeness (QED) is 0.397. The van der Waals surface area contributed by atoms with E-state index in [0.29, 0.717) is 41.3 Å². The van der Waals surface area contributed by atoms with Crippen LogP contribution >= 0.6 is 28.1 Å². The number of furan rings is 1. The molecule has 1 aliphatic heterocycles. The molecule has 0 bridgehead atoms. The molecule has 1 unspecified atom stereocenters. The van der Waals surface area contributed by atoms with Crippen LogP contribution in [0.2, 0.25) is 0 Å². The minimum atomic E-state index is -0.602. The molecule has 6 nitrogen and oxygen atoms in total. The number of aromatic amines is 2. The number of nitrogens with one attached hydrogen (secondary N) is 3. The van der Waals surface area contributed by atoms with Crippen molar-refractivity contribution >= 4 is 39.7 Å². The van der Waals surface area contributed by atoms with Crippen LogP contribution in [0.3, 0.4) is 0 Å². The van der Waals surface area contributed by atoms with Crippen molar-refractivity contribution in [3.05, 3.63) is 78.6 Å². The van der Waals surface area contributed by atoms with Gasteiger partial charge in [-0.05, 0) is 48.3 Å². The van der Waals surface area contributed by atoms with Crippen LogP contribution in [0.15, 0.2) is 61.4 Å². The van der Waals surface area contributed by atoms with Crippen molar-refractivity contribution in [2.75, 3.05) is 5.32 Å². The molecule has 8 heteroatoms. The molecule has 0 saturated carbocycles. The van der Waals surface area contributed by atoms with Gasteiger partial charge >= 0.3 is 0 Å². The number of fused-ring (bicyclic) bond motifs is 1. The fraction of sp³-hybridized carbons (Fsp3) is 0.261. The van der Waals surface area contributed by atoms with Crippen molar-refractivity contribution in [2.45, 2.75) is 32.6 Å². The highest BCUT2D eigenvalue weighted by Crippen LogP contribution is 2.48. The van der Waals surface area contributed by atoms with Gasteiger partial charge < -0.3 is 14.7 Å². The third-order valence-electron chi connectivity index (χ3n) is 5.79. The summed E-state index contributed by atoms with van der Waals surface area (Å²) in [7, 11) is 0. The Morgan fingerprint density at radius 3 is 2.55 bits per heavy atom. The lowest BCUT2D eigenvalue weighted by Gasteiger charge is -2.38. The first-order valence-corrected chi connectivity index (χ1v) is 11.2. The topological polar surface area (TPSA) is 90.9 Å². The van der Waals surface area contributed by atoms with E-state index in [-0.39, 0.29) is 21.5 Å². The SMILES string of the molecule is CC1(C)CC(=O)C2=C(C1)Nc1[nH]c(=S)[nH]c(=O)c1C2c1ccc(-c2ccc(Br)cc2)o1. The highest BCUT2D eigenvalue weighted by molar-refractivity contribution is 9.10. The minimum Gasteiger partial charge on any atom is -0.460 e. The predicted octanol–water partition coefficient (Wildman–Crippen LogP) is 5.66. The van der Waals surface area contributed by atoms with E-state index in [9.17, 15) is 9.59 Å². The van der Waals surface area contributed by atoms with Gasteiger partial charge in [0.2, 0.25) is 0 Å². The fourth-order valence-corrected chi connectivity index (χ4v) is 4.97. The monoisotopic (exact) mass is 497 g/mol. The molecule has 3 aromatic rings. The second-order valence-electron chi connectivity index (χ2n) is 8.80. The molecule has 31 heavy (non-hydrogen) atoms. The number of Topliss-reactive ketones (excluding diaryl/α,β-unsaturated/α-hetero) is 1. The van der Waals surface area contributed by atoms with E-state index >= 15 is 0 Å². The van der Waals surface area contributed by atoms with Crippen LogP contribution < -0.4 is 10.9 Å². The second-order valence-corrected chi connectivity index (χ2v) is 10.1. The second kappa shape index (κ2) is 7.17. The van der Waals surface area contributed by atoms with Gasteiger partial charge in [-0.15, -0.1) is 0 Å². The summed E-state index contributed by atoms with van der Waals surface area (Å²) in [6.45, 7) is 4.14. The Bertz CT molecular complexity index is 1360. The molecule has 1 atom stereocenters. The smallest absolute Gasteiger partial charge is 0.258 e. The summed E-state index contributed by atoms with van der Waals surface area (Å²) >= 11 is 8.61. The summed E-state index contributed by atoms with van der Waals surface area (Å²) < 4.78 is 7.42. The molecule has 0 radical (unpaired) electrons. The Morgan fingerprint density at radius 2 is 1.81 bits per heavy atom. The largest absolute Gasteiger partial charge is 0.460 e. The normalized spacial score (nSPS) is 19.6. The fourth-order valence-electron chi connectivity index (χ4n) is 4.51. The standard InChI is InChI=1S/C23H20BrN3O3S/c1-23(2)9-13-17(14(28)10-23)18(19-20(25-13)26-22(31)27-21(19)29)16-8-7-15(30-16)11-3-5-12(24)6-4-11/h3-8,18H,9-10H2,1-2H3,(H3,25,26,27,29,31). The van der Waals surface area contributed by atoms with Gasteiger partial charge in [0, 0.05) is 27.7 Å². The molecule has 1 aliphatic carbocycles. The molecule has 0 amide bonds. The average molecular weight is 498 g/mol. The van der Waals surface area contributed by atoms with E-state index in [1.165, 1.54) is 0 Å². The number of hydrogen-bond donors (Lipinski definition) is 3. The Hall–Kier alpha value is -2.71. The number of rotatable bonds is 2. The number of halogens is 1. The molecular weight excluding hydrogens is 478 g/mol. The van der Waals surface area contributed by atoms with Gasteiger partial charge in [-0.1, -0.05) is 41.9 Å². The van der Waals surface area contributed by atoms with Crippen molar-refractivity contribution in [3.63, 3.8) is 0 Å². The van der Waals surface area contributed by atoms with Crippen LogP contribution in [0.25, 0.3) is 11.3 Å². The molecule has 1 aromatic carbocycles. The molecule has 3 N–H and O–H groups in total. The number of carbonyl (C=O) groups is 1. The molecule has 0 fully saturated rings. The van der Waals surface area contributed by atoms with Crippen molar-refractivity contribution in [2.24, 2.45) is 5.41 Å². The van der Waals surface area contributed by atoms with Gasteiger partial charge in [0.05, 0.1) is 11.5 Å². The van der Waals surface area contributed by atoms with E-state index in [2.05, 4.69) is 45.1 Å². The number of ketones is 1. The highest BCUT2D eigenvalue weighted by Gasteiger charge is 2.43. The zero-order valence-corrected chi connectivity index (χ0v) is 19.4. The molecule has 158 valence electrons. The lowest BCUT2D eigenvalue weighted by molar-refractivity contribution is -0.118. The Morgan fingerprint density at radius 1 is 1.06 bits per heavy atom. The maximum absolute atomic E-state index is 13.2. The molecule has 3 heterocycles. The van der Waals surface area contributed by atoms with Crippen molar-refractivity contribution in [1.29, 1.82) is 0 Å². The average Bonchev–Trinajstić information content (AvgIpc) is 3.15. The van der Waals surface area contributed by atoms with E-state index < -0.39 is 5.92 Å². The van der Waals surface area contributed by atoms with E-state index in [4.69, 9.17) is 16.6 Å². The predicted molar refractivity (Wildman–Crippen MR) is 125 cm³/mol. The van der Waals surface area contributed by atoms with Gasteiger partial charge in [0.25, 0.3) is 5.56 Å². The molecule has 5 rings (SSSR count). The molecule has 2 aliphatic rings. The lowest BCUT2D eigenvalue weighted by atomic mass is 9.70. The third kappa shape index (κ3) is 3.53. The number of allylic oxidation sites excluding steroid dienone is 2. The maximum Gasteiger partial charge on any atom is 0.258 e. The van der Waals surface area contributed by atoms with Crippen LogP contribution in [-0.4, -0.2) is 15.8 Å². The summed E-state index contributed by atoms with van der Waals surface area (Å²) in [5.41, 5.74) is 2.24. The van der Waals surface area contributed by atoms with Crippen LogP contribution in [0.1, 0.15) is 43.9 Å². The molecule has 0 spiro atoms. The summed E-state index contributed by atoms with van der Waals surface area (Å²) in [6.07, 6.45) is 1.11. The van der Waals surface area contributed by atoms with Crippen LogP contribution in [-0.2, 0) is 4.79 Å². The Balaban J connectivity index is 1.70. The zero-order chi connectivity index (χ0) is 21.9. The number of anilines is 1. The van der Waals surface area contributed by atoms with Gasteiger partial charge in [0.15, 0.2) is 10.6 Å². The first-order chi connectivity index (χ1) is 14.7. The molecular formula is C23H20BrN3O3S. The van der Waals surface area contributed by atoms with Gasteiger partial charge in [-0.3, -0.25) is 14.6 Å². The number of carbonyl (C=O) groups excluding carboxylic acids is 1. The summed E-state index contributed by atoms with van der Waals surface area (Å²) in [5.74, 6) is 1.17. The molecule has 0 saturated heterocycles. The first-order valence-electron chi connectivity index (χ1n) is 9.97. The zero-order valence-electron chi connectivity index (χ0n) is 17.0. The van der Waals surface area contributed by atoms with Crippen molar-refractivity contribution in [1.82, 2.24) is 9.97 Å². The van der Waals surface area contributed by atoms with Gasteiger partial charge in [-0.25, -0.2) is 0 Å². The summed E-state index contributed by atoms with van der Waals surface area (Å²) in [6, 6.07) is 11.5. The van der Waals surface area contributed by atoms with Crippen LogP contribution in [0.4, 0.5) is 5.82 Å². The van der Waals surface area contributed by atoms with Crippen LogP contribution in [0, 0.1) is 10.2 Å². The first kappa shape index (κ1) is 20.2. The minimum absolute atomic E-state index is 0.0258. The van der Waals surface area contributed by atoms with E-state index in [0.717, 1.165) is 15.7 Å².